The number of rotatable bonds is 6. The molecule has 0 saturated heterocycles. The monoisotopic (exact) mass is 404 g/mol. The normalized spacial score (nSPS) is 11.9. The summed E-state index contributed by atoms with van der Waals surface area (Å²) in [5.74, 6) is 0.832. The van der Waals surface area contributed by atoms with Gasteiger partial charge in [0.25, 0.3) is 0 Å². The lowest BCUT2D eigenvalue weighted by Crippen LogP contribution is -2.08. The van der Waals surface area contributed by atoms with E-state index in [1.165, 1.54) is 12.1 Å². The van der Waals surface area contributed by atoms with Gasteiger partial charge in [-0.1, -0.05) is 12.1 Å². The fourth-order valence-corrected chi connectivity index (χ4v) is 3.08. The molecule has 0 spiro atoms. The average molecular weight is 404 g/mol. The molecule has 152 valence electrons. The highest BCUT2D eigenvalue weighted by atomic mass is 19.1. The van der Waals surface area contributed by atoms with Gasteiger partial charge in [-0.15, -0.1) is 10.2 Å². The van der Waals surface area contributed by atoms with Crippen LogP contribution in [0.4, 0.5) is 10.2 Å². The van der Waals surface area contributed by atoms with Crippen LogP contribution in [0, 0.1) is 12.7 Å². The summed E-state index contributed by atoms with van der Waals surface area (Å²) in [6.45, 7) is 3.90. The van der Waals surface area contributed by atoms with E-state index in [1.54, 1.807) is 25.6 Å². The fourth-order valence-electron chi connectivity index (χ4n) is 3.08. The molecule has 0 aliphatic rings. The molecule has 0 fully saturated rings. The van der Waals surface area contributed by atoms with E-state index in [2.05, 4.69) is 25.5 Å². The van der Waals surface area contributed by atoms with Gasteiger partial charge in [0, 0.05) is 6.20 Å². The topological polar surface area (TPSA) is 77.8 Å². The second-order valence-corrected chi connectivity index (χ2v) is 6.87. The number of imidazole rings is 1. The summed E-state index contributed by atoms with van der Waals surface area (Å²) in [7, 11) is 1.58. The summed E-state index contributed by atoms with van der Waals surface area (Å²) in [4.78, 5) is 8.80. The van der Waals surface area contributed by atoms with E-state index in [0.29, 0.717) is 23.1 Å². The Balaban J connectivity index is 1.53. The maximum absolute atomic E-state index is 13.1. The zero-order valence-electron chi connectivity index (χ0n) is 16.9. The van der Waals surface area contributed by atoms with E-state index < -0.39 is 0 Å². The second-order valence-electron chi connectivity index (χ2n) is 6.87. The minimum Gasteiger partial charge on any atom is -0.479 e. The first-order chi connectivity index (χ1) is 14.5. The third kappa shape index (κ3) is 4.12. The van der Waals surface area contributed by atoms with E-state index in [4.69, 9.17) is 4.74 Å². The Hall–Kier alpha value is -3.81. The first-order valence-electron chi connectivity index (χ1n) is 9.45. The zero-order valence-corrected chi connectivity index (χ0v) is 16.9. The lowest BCUT2D eigenvalue weighted by Gasteiger charge is -2.14. The van der Waals surface area contributed by atoms with Crippen molar-refractivity contribution in [1.82, 2.24) is 24.7 Å². The van der Waals surface area contributed by atoms with E-state index >= 15 is 0 Å². The predicted octanol–water partition coefficient (Wildman–Crippen LogP) is 4.35. The number of nitrogens with zero attached hydrogens (tertiary/aromatic N) is 5. The number of nitrogens with one attached hydrogen (secondary N) is 1. The number of hydrogen-bond donors (Lipinski definition) is 1. The number of halogens is 1. The van der Waals surface area contributed by atoms with Crippen molar-refractivity contribution in [2.75, 3.05) is 12.4 Å². The number of aryl methyl sites for hydroxylation is 1. The Bertz CT molecular complexity index is 1140. The van der Waals surface area contributed by atoms with Gasteiger partial charge in [-0.2, -0.15) is 0 Å². The molecule has 1 atom stereocenters. The molecule has 7 nitrogen and oxygen atoms in total. The first-order valence-corrected chi connectivity index (χ1v) is 9.45. The van der Waals surface area contributed by atoms with Gasteiger partial charge in [0.1, 0.15) is 23.0 Å². The van der Waals surface area contributed by atoms with Gasteiger partial charge >= 0.3 is 0 Å². The van der Waals surface area contributed by atoms with Crippen molar-refractivity contribution in [3.63, 3.8) is 0 Å². The number of methoxy groups -OCH3 is 1. The molecule has 30 heavy (non-hydrogen) atoms. The van der Waals surface area contributed by atoms with Gasteiger partial charge in [-0.3, -0.25) is 0 Å². The third-order valence-corrected chi connectivity index (χ3v) is 4.68. The summed E-state index contributed by atoms with van der Waals surface area (Å²) >= 11 is 0. The number of aromatic nitrogens is 5. The van der Waals surface area contributed by atoms with Gasteiger partial charge in [0.05, 0.1) is 30.9 Å². The van der Waals surface area contributed by atoms with Crippen molar-refractivity contribution in [1.29, 1.82) is 0 Å². The number of anilines is 1. The minimum absolute atomic E-state index is 0.0399. The van der Waals surface area contributed by atoms with Crippen LogP contribution in [0.25, 0.3) is 17.1 Å². The lowest BCUT2D eigenvalue weighted by molar-refractivity contribution is 0.396. The van der Waals surface area contributed by atoms with E-state index in [9.17, 15) is 4.39 Å². The molecular weight excluding hydrogens is 383 g/mol. The summed E-state index contributed by atoms with van der Waals surface area (Å²) in [6.07, 6.45) is 3.62. The maximum atomic E-state index is 13.1. The third-order valence-electron chi connectivity index (χ3n) is 4.68. The summed E-state index contributed by atoms with van der Waals surface area (Å²) in [5, 5.41) is 11.8. The number of benzene rings is 1. The zero-order chi connectivity index (χ0) is 21.1. The molecule has 0 saturated carbocycles. The van der Waals surface area contributed by atoms with Crippen LogP contribution >= 0.6 is 0 Å². The van der Waals surface area contributed by atoms with E-state index in [1.807, 2.05) is 48.9 Å². The molecule has 4 rings (SSSR count). The second kappa shape index (κ2) is 8.28. The van der Waals surface area contributed by atoms with Crippen LogP contribution in [0.3, 0.4) is 0 Å². The van der Waals surface area contributed by atoms with Gasteiger partial charge in [0.2, 0.25) is 5.88 Å². The summed E-state index contributed by atoms with van der Waals surface area (Å²) in [6, 6.07) is 13.8. The van der Waals surface area contributed by atoms with Gasteiger partial charge < -0.3 is 14.6 Å². The molecule has 1 N–H and O–H groups in total. The van der Waals surface area contributed by atoms with E-state index in [0.717, 1.165) is 16.9 Å². The van der Waals surface area contributed by atoms with Gasteiger partial charge in [-0.25, -0.2) is 14.4 Å². The molecule has 0 aliphatic carbocycles. The molecule has 3 heterocycles. The highest BCUT2D eigenvalue weighted by molar-refractivity contribution is 5.59. The van der Waals surface area contributed by atoms with Crippen molar-refractivity contribution in [2.24, 2.45) is 0 Å². The predicted molar refractivity (Wildman–Crippen MR) is 112 cm³/mol. The highest BCUT2D eigenvalue weighted by Crippen LogP contribution is 2.26. The fraction of sp³-hybridized carbons (Fsp3) is 0.182. The van der Waals surface area contributed by atoms with Crippen LogP contribution in [-0.4, -0.2) is 31.8 Å². The molecule has 8 heteroatoms. The van der Waals surface area contributed by atoms with Crippen LogP contribution in [0.1, 0.15) is 24.2 Å². The molecule has 1 aromatic carbocycles. The minimum atomic E-state index is -0.257. The molecule has 3 aromatic heterocycles. The van der Waals surface area contributed by atoms with Crippen LogP contribution in [-0.2, 0) is 0 Å². The quantitative estimate of drug-likeness (QED) is 0.515. The van der Waals surface area contributed by atoms with Crippen LogP contribution in [0.15, 0.2) is 61.1 Å². The molecule has 0 bridgehead atoms. The Labute approximate surface area is 173 Å². The molecule has 0 radical (unpaired) electrons. The first kappa shape index (κ1) is 19.5. The summed E-state index contributed by atoms with van der Waals surface area (Å²) < 4.78 is 20.4. The lowest BCUT2D eigenvalue weighted by atomic mass is 10.1. The van der Waals surface area contributed by atoms with Crippen LogP contribution < -0.4 is 10.1 Å². The number of pyridine rings is 1. The van der Waals surface area contributed by atoms with Crippen LogP contribution in [0.5, 0.6) is 5.88 Å². The Morgan fingerprint density at radius 1 is 1.00 bits per heavy atom. The van der Waals surface area contributed by atoms with E-state index in [-0.39, 0.29) is 11.9 Å². The van der Waals surface area contributed by atoms with Crippen molar-refractivity contribution in [3.8, 4) is 23.0 Å². The Morgan fingerprint density at radius 2 is 1.77 bits per heavy atom. The standard InChI is InChI=1S/C22H21FN6O/c1-14-12-29(13-24-14)20-10-8-18(26-22(20)30-3)19-9-11-21(28-27-19)25-15(2)16-4-6-17(23)7-5-16/h4-13,15H,1-3H3,(H,25,28)/t15-/m0/s1. The van der Waals surface area contributed by atoms with Gasteiger partial charge in [-0.05, 0) is 55.8 Å². The largest absolute Gasteiger partial charge is 0.479 e. The smallest absolute Gasteiger partial charge is 0.238 e. The van der Waals surface area contributed by atoms with Crippen molar-refractivity contribution in [2.45, 2.75) is 19.9 Å². The number of hydrogen-bond acceptors (Lipinski definition) is 6. The average Bonchev–Trinajstić information content (AvgIpc) is 3.20. The molecule has 0 unspecified atom stereocenters. The molecular formula is C22H21FN6O. The SMILES string of the molecule is COc1nc(-c2ccc(N[C@@H](C)c3ccc(F)cc3)nn2)ccc1-n1cnc(C)c1. The maximum Gasteiger partial charge on any atom is 0.238 e. The Morgan fingerprint density at radius 3 is 2.40 bits per heavy atom. The molecule has 0 amide bonds. The van der Waals surface area contributed by atoms with Gasteiger partial charge in [0.15, 0.2) is 0 Å². The van der Waals surface area contributed by atoms with Crippen molar-refractivity contribution >= 4 is 5.82 Å². The van der Waals surface area contributed by atoms with Crippen molar-refractivity contribution < 1.29 is 9.13 Å². The highest BCUT2D eigenvalue weighted by Gasteiger charge is 2.12. The number of ether oxygens (including phenoxy) is 1. The summed E-state index contributed by atoms with van der Waals surface area (Å²) in [5.41, 5.74) is 3.94. The molecule has 4 aromatic rings. The Kier molecular flexibility index (Phi) is 5.38. The van der Waals surface area contributed by atoms with Crippen LogP contribution in [0.2, 0.25) is 0 Å². The van der Waals surface area contributed by atoms with Crippen molar-refractivity contribution in [3.05, 3.63) is 78.1 Å². The molecule has 0 aliphatic heterocycles.